The largest absolute Gasteiger partial charge is 0.377 e. The number of fused-ring (bicyclic) bond motifs is 3. The van der Waals surface area contributed by atoms with Crippen molar-refractivity contribution in [3.8, 4) is 0 Å². The van der Waals surface area contributed by atoms with Crippen LogP contribution in [0.1, 0.15) is 45.4 Å². The zero-order valence-electron chi connectivity index (χ0n) is 13.1. The maximum atomic E-state index is 11.8. The van der Waals surface area contributed by atoms with E-state index >= 15 is 0 Å². The Balaban J connectivity index is 1.83. The summed E-state index contributed by atoms with van der Waals surface area (Å²) in [5.41, 5.74) is 10.8. The minimum atomic E-state index is -0.377. The molecule has 2 aromatic carbocycles. The first-order valence-corrected chi connectivity index (χ1v) is 8.07. The van der Waals surface area contributed by atoms with Crippen LogP contribution in [0, 0.1) is 12.8 Å². The van der Waals surface area contributed by atoms with E-state index in [1.165, 1.54) is 16.7 Å². The van der Waals surface area contributed by atoms with Gasteiger partial charge in [-0.3, -0.25) is 4.79 Å². The molecule has 1 heterocycles. The van der Waals surface area contributed by atoms with Gasteiger partial charge in [-0.25, -0.2) is 0 Å². The number of carbonyl (C=O) groups is 1. The van der Waals surface area contributed by atoms with Crippen LogP contribution >= 0.6 is 0 Å². The zero-order chi connectivity index (χ0) is 16.0. The minimum absolute atomic E-state index is 0.198. The monoisotopic (exact) mass is 304 g/mol. The summed E-state index contributed by atoms with van der Waals surface area (Å²) in [5, 5.41) is 3.61. The molecule has 0 spiro atoms. The number of aryl methyl sites for hydroxylation is 1. The molecule has 2 aliphatic rings. The maximum Gasteiger partial charge on any atom is 0.250 e. The minimum Gasteiger partial charge on any atom is -0.377 e. The van der Waals surface area contributed by atoms with E-state index in [0.29, 0.717) is 17.4 Å². The van der Waals surface area contributed by atoms with E-state index in [4.69, 9.17) is 5.73 Å². The highest BCUT2D eigenvalue weighted by molar-refractivity contribution is 5.99. The fourth-order valence-electron chi connectivity index (χ4n) is 3.93. The maximum absolute atomic E-state index is 11.8. The molecule has 0 fully saturated rings. The van der Waals surface area contributed by atoms with Crippen molar-refractivity contribution >= 4 is 11.6 Å². The number of hydrogen-bond acceptors (Lipinski definition) is 2. The second-order valence-electron chi connectivity index (χ2n) is 6.52. The van der Waals surface area contributed by atoms with Gasteiger partial charge >= 0.3 is 0 Å². The van der Waals surface area contributed by atoms with Gasteiger partial charge in [0.25, 0.3) is 5.91 Å². The molecule has 0 saturated heterocycles. The topological polar surface area (TPSA) is 55.1 Å². The van der Waals surface area contributed by atoms with Gasteiger partial charge in [-0.1, -0.05) is 54.1 Å². The van der Waals surface area contributed by atoms with Crippen molar-refractivity contribution in [1.82, 2.24) is 0 Å². The molecule has 1 aliphatic carbocycles. The highest BCUT2D eigenvalue weighted by atomic mass is 16.1. The van der Waals surface area contributed by atoms with E-state index in [1.807, 2.05) is 6.07 Å². The van der Waals surface area contributed by atoms with Crippen LogP contribution in [0.5, 0.6) is 0 Å². The van der Waals surface area contributed by atoms with Crippen LogP contribution in [0.2, 0.25) is 0 Å². The molecule has 0 bridgehead atoms. The van der Waals surface area contributed by atoms with E-state index in [9.17, 15) is 4.79 Å². The molecule has 116 valence electrons. The molecule has 2 aromatic rings. The molecule has 3 heteroatoms. The molecule has 0 saturated carbocycles. The molecule has 3 unspecified atom stereocenters. The van der Waals surface area contributed by atoms with Gasteiger partial charge in [0.2, 0.25) is 0 Å². The lowest BCUT2D eigenvalue weighted by atomic mass is 9.76. The lowest BCUT2D eigenvalue weighted by Crippen LogP contribution is -2.31. The summed E-state index contributed by atoms with van der Waals surface area (Å²) < 4.78 is 0. The Morgan fingerprint density at radius 1 is 1.17 bits per heavy atom. The average molecular weight is 304 g/mol. The number of rotatable bonds is 2. The summed E-state index contributed by atoms with van der Waals surface area (Å²) in [6.07, 6.45) is 5.58. The first-order valence-electron chi connectivity index (χ1n) is 8.07. The molecule has 1 amide bonds. The van der Waals surface area contributed by atoms with E-state index in [0.717, 1.165) is 12.1 Å². The normalized spacial score (nSPS) is 24.7. The summed E-state index contributed by atoms with van der Waals surface area (Å²) in [4.78, 5) is 11.8. The van der Waals surface area contributed by atoms with Gasteiger partial charge in [-0.05, 0) is 36.5 Å². The van der Waals surface area contributed by atoms with Gasteiger partial charge in [-0.2, -0.15) is 0 Å². The number of carbonyl (C=O) groups excluding carboxylic acids is 1. The Morgan fingerprint density at radius 3 is 2.70 bits per heavy atom. The molecular weight excluding hydrogens is 284 g/mol. The van der Waals surface area contributed by atoms with Gasteiger partial charge < -0.3 is 11.1 Å². The highest BCUT2D eigenvalue weighted by Gasteiger charge is 2.38. The molecular formula is C20H20N2O. The molecule has 3 nitrogen and oxygen atoms in total. The number of benzene rings is 2. The van der Waals surface area contributed by atoms with Crippen molar-refractivity contribution in [2.75, 3.05) is 5.32 Å². The van der Waals surface area contributed by atoms with Gasteiger partial charge in [0.15, 0.2) is 0 Å². The second-order valence-corrected chi connectivity index (χ2v) is 6.52. The highest BCUT2D eigenvalue weighted by Crippen LogP contribution is 2.50. The van der Waals surface area contributed by atoms with E-state index < -0.39 is 0 Å². The van der Waals surface area contributed by atoms with E-state index in [-0.39, 0.29) is 11.9 Å². The van der Waals surface area contributed by atoms with Gasteiger partial charge in [0.05, 0.1) is 17.3 Å². The van der Waals surface area contributed by atoms with Crippen molar-refractivity contribution in [1.29, 1.82) is 0 Å². The summed E-state index contributed by atoms with van der Waals surface area (Å²) >= 11 is 0. The Morgan fingerprint density at radius 2 is 1.96 bits per heavy atom. The van der Waals surface area contributed by atoms with Crippen LogP contribution in [-0.2, 0) is 0 Å². The van der Waals surface area contributed by atoms with Crippen molar-refractivity contribution < 1.29 is 4.79 Å². The van der Waals surface area contributed by atoms with E-state index in [1.54, 1.807) is 6.07 Å². The van der Waals surface area contributed by atoms with Crippen LogP contribution in [0.15, 0.2) is 54.6 Å². The Kier molecular flexibility index (Phi) is 3.22. The fourth-order valence-corrected chi connectivity index (χ4v) is 3.93. The summed E-state index contributed by atoms with van der Waals surface area (Å²) in [6.45, 7) is 2.10. The quantitative estimate of drug-likeness (QED) is 0.826. The summed E-state index contributed by atoms with van der Waals surface area (Å²) in [7, 11) is 0. The number of allylic oxidation sites excluding steroid dienone is 2. The van der Waals surface area contributed by atoms with Gasteiger partial charge in [-0.15, -0.1) is 0 Å². The number of amides is 1. The third-order valence-electron chi connectivity index (χ3n) is 5.10. The summed E-state index contributed by atoms with van der Waals surface area (Å²) in [6, 6.07) is 14.7. The van der Waals surface area contributed by atoms with Crippen molar-refractivity contribution in [2.45, 2.75) is 25.3 Å². The Bertz CT molecular complexity index is 792. The number of hydrogen-bond donors (Lipinski definition) is 2. The number of anilines is 1. The number of primary amides is 1. The Labute approximate surface area is 136 Å². The van der Waals surface area contributed by atoms with Gasteiger partial charge in [0, 0.05) is 5.92 Å². The predicted octanol–water partition coefficient (Wildman–Crippen LogP) is 3.92. The standard InChI is InChI=1S/C20H20N2O/c1-12-8-10-13(11-9-12)18-15-5-2-4-14(15)16-6-3-7-17(20(21)23)19(16)22-18/h2-4,6-11,14-15,18,22H,5H2,1H3,(H2,21,23). The van der Waals surface area contributed by atoms with Crippen LogP contribution in [-0.4, -0.2) is 5.91 Å². The second kappa shape index (κ2) is 5.27. The summed E-state index contributed by atoms with van der Waals surface area (Å²) in [5.74, 6) is 0.447. The van der Waals surface area contributed by atoms with Gasteiger partial charge in [0.1, 0.15) is 0 Å². The predicted molar refractivity (Wildman–Crippen MR) is 92.5 cm³/mol. The zero-order valence-corrected chi connectivity index (χ0v) is 13.1. The molecule has 3 N–H and O–H groups in total. The number of nitrogens with one attached hydrogen (secondary N) is 1. The van der Waals surface area contributed by atoms with Crippen LogP contribution in [0.3, 0.4) is 0 Å². The molecule has 4 rings (SSSR count). The van der Waals surface area contributed by atoms with Crippen molar-refractivity contribution in [2.24, 2.45) is 11.7 Å². The third-order valence-corrected chi connectivity index (χ3v) is 5.10. The smallest absolute Gasteiger partial charge is 0.250 e. The fraction of sp³-hybridized carbons (Fsp3) is 0.250. The molecule has 1 aliphatic heterocycles. The molecule has 0 aromatic heterocycles. The molecule has 3 atom stereocenters. The first kappa shape index (κ1) is 14.1. The van der Waals surface area contributed by atoms with Crippen LogP contribution in [0.25, 0.3) is 0 Å². The number of para-hydroxylation sites is 1. The van der Waals surface area contributed by atoms with Crippen molar-refractivity contribution in [3.63, 3.8) is 0 Å². The van der Waals surface area contributed by atoms with Crippen molar-refractivity contribution in [3.05, 3.63) is 76.9 Å². The van der Waals surface area contributed by atoms with Crippen LogP contribution < -0.4 is 11.1 Å². The SMILES string of the molecule is Cc1ccc(C2Nc3c(C(N)=O)cccc3C3C=CCC32)cc1. The van der Waals surface area contributed by atoms with E-state index in [2.05, 4.69) is 54.7 Å². The third kappa shape index (κ3) is 2.24. The average Bonchev–Trinajstić information content (AvgIpc) is 3.04. The lowest BCUT2D eigenvalue weighted by molar-refractivity contribution is 0.100. The molecule has 0 radical (unpaired) electrons. The van der Waals surface area contributed by atoms with Crippen LogP contribution in [0.4, 0.5) is 5.69 Å². The lowest BCUT2D eigenvalue weighted by Gasteiger charge is -2.38. The number of nitrogens with two attached hydrogens (primary N) is 1. The first-order chi connectivity index (χ1) is 11.1. The molecule has 23 heavy (non-hydrogen) atoms. The Hall–Kier alpha value is -2.55.